The number of aromatic nitrogens is 2. The second kappa shape index (κ2) is 12.8. The molecule has 0 unspecified atom stereocenters. The van der Waals surface area contributed by atoms with E-state index in [-0.39, 0.29) is 18.1 Å². The zero-order chi connectivity index (χ0) is 29.7. The van der Waals surface area contributed by atoms with E-state index in [1.165, 1.54) is 4.31 Å². The van der Waals surface area contributed by atoms with Crippen LogP contribution in [-0.4, -0.2) is 50.5 Å². The minimum absolute atomic E-state index is 0.134. The molecule has 2 atom stereocenters. The van der Waals surface area contributed by atoms with Crippen molar-refractivity contribution in [2.24, 2.45) is 0 Å². The SMILES string of the molecule is COc1ccc(CN(Cc2ccc(OC)cc2)S(=O)(=O)[C@@H](C)[C@H](O[Si](C)(C)C(C)(C)C)c2ncc(C)cn2)cc1. The predicted octanol–water partition coefficient (Wildman–Crippen LogP) is 6.29. The van der Waals surface area contributed by atoms with Crippen molar-refractivity contribution >= 4 is 18.3 Å². The fraction of sp³-hybridized carbons (Fsp3) is 0.467. The number of methoxy groups -OCH3 is 2. The Morgan fingerprint density at radius 3 is 1.65 bits per heavy atom. The van der Waals surface area contributed by atoms with E-state index in [4.69, 9.17) is 13.9 Å². The van der Waals surface area contributed by atoms with Gasteiger partial charge in [-0.25, -0.2) is 18.4 Å². The van der Waals surface area contributed by atoms with Gasteiger partial charge in [-0.05, 0) is 72.9 Å². The van der Waals surface area contributed by atoms with Gasteiger partial charge in [0.1, 0.15) is 22.9 Å². The van der Waals surface area contributed by atoms with Crippen molar-refractivity contribution in [2.75, 3.05) is 14.2 Å². The van der Waals surface area contributed by atoms with Gasteiger partial charge in [0.15, 0.2) is 14.1 Å². The van der Waals surface area contributed by atoms with Gasteiger partial charge in [0, 0.05) is 25.5 Å². The van der Waals surface area contributed by atoms with Crippen LogP contribution in [0.1, 0.15) is 56.3 Å². The maximum Gasteiger partial charge on any atom is 0.220 e. The highest BCUT2D eigenvalue weighted by molar-refractivity contribution is 7.89. The van der Waals surface area contributed by atoms with E-state index in [0.29, 0.717) is 17.3 Å². The van der Waals surface area contributed by atoms with Crippen molar-refractivity contribution in [3.63, 3.8) is 0 Å². The predicted molar refractivity (Wildman–Crippen MR) is 161 cm³/mol. The first-order valence-corrected chi connectivity index (χ1v) is 17.8. The minimum Gasteiger partial charge on any atom is -0.497 e. The lowest BCUT2D eigenvalue weighted by atomic mass is 10.2. The molecule has 0 aliphatic rings. The van der Waals surface area contributed by atoms with Crippen LogP contribution in [0.3, 0.4) is 0 Å². The summed E-state index contributed by atoms with van der Waals surface area (Å²) in [5.74, 6) is 1.79. The Kier molecular flexibility index (Phi) is 10.2. The standard InChI is InChI=1S/C30H43N3O5SSi/c1-22-18-31-29(32-19-22)28(38-40(8,9)30(3,4)5)23(2)39(34,35)33(20-24-10-14-26(36-6)15-11-24)21-25-12-16-27(37-7)17-13-25/h10-19,23,28H,20-21H2,1-9H3/t23-,28-/m0/s1. The second-order valence-electron chi connectivity index (χ2n) is 11.6. The van der Waals surface area contributed by atoms with Crippen LogP contribution in [0.4, 0.5) is 0 Å². The van der Waals surface area contributed by atoms with E-state index >= 15 is 0 Å². The molecule has 0 N–H and O–H groups in total. The van der Waals surface area contributed by atoms with E-state index in [1.54, 1.807) is 33.5 Å². The van der Waals surface area contributed by atoms with Crippen LogP contribution in [-0.2, 0) is 27.5 Å². The monoisotopic (exact) mass is 585 g/mol. The average molecular weight is 586 g/mol. The summed E-state index contributed by atoms with van der Waals surface area (Å²) >= 11 is 0. The van der Waals surface area contributed by atoms with Crippen molar-refractivity contribution in [1.82, 2.24) is 14.3 Å². The Morgan fingerprint density at radius 1 is 0.850 bits per heavy atom. The van der Waals surface area contributed by atoms with Gasteiger partial charge in [0.2, 0.25) is 10.0 Å². The first-order chi connectivity index (χ1) is 18.7. The molecule has 3 aromatic rings. The van der Waals surface area contributed by atoms with E-state index in [0.717, 1.165) is 16.7 Å². The molecule has 10 heteroatoms. The zero-order valence-corrected chi connectivity index (χ0v) is 27.0. The molecule has 2 aromatic carbocycles. The average Bonchev–Trinajstić information content (AvgIpc) is 2.91. The molecule has 40 heavy (non-hydrogen) atoms. The molecule has 3 rings (SSSR count). The summed E-state index contributed by atoms with van der Waals surface area (Å²) in [4.78, 5) is 9.04. The summed E-state index contributed by atoms with van der Waals surface area (Å²) in [5.41, 5.74) is 2.59. The van der Waals surface area contributed by atoms with Gasteiger partial charge in [-0.3, -0.25) is 0 Å². The lowest BCUT2D eigenvalue weighted by Gasteiger charge is -2.40. The maximum absolute atomic E-state index is 14.5. The molecule has 0 amide bonds. The first-order valence-electron chi connectivity index (χ1n) is 13.4. The summed E-state index contributed by atoms with van der Waals surface area (Å²) in [6.45, 7) is 14.6. The van der Waals surface area contributed by atoms with Crippen LogP contribution < -0.4 is 9.47 Å². The number of hydrogen-bond donors (Lipinski definition) is 0. The normalized spacial score (nSPS) is 14.2. The Morgan fingerprint density at radius 2 is 1.27 bits per heavy atom. The number of benzene rings is 2. The molecule has 8 nitrogen and oxygen atoms in total. The summed E-state index contributed by atoms with van der Waals surface area (Å²) in [6, 6.07) is 14.9. The fourth-order valence-corrected chi connectivity index (χ4v) is 6.91. The number of nitrogens with zero attached hydrogens (tertiary/aromatic N) is 3. The molecule has 0 bridgehead atoms. The third-order valence-electron chi connectivity index (χ3n) is 7.58. The largest absolute Gasteiger partial charge is 0.497 e. The van der Waals surface area contributed by atoms with Crippen LogP contribution >= 0.6 is 0 Å². The molecule has 0 saturated carbocycles. The van der Waals surface area contributed by atoms with Crippen molar-refractivity contribution in [3.05, 3.63) is 83.4 Å². The van der Waals surface area contributed by atoms with Crippen molar-refractivity contribution in [3.8, 4) is 11.5 Å². The molecule has 1 heterocycles. The first kappa shape index (κ1) is 31.7. The van der Waals surface area contributed by atoms with E-state index < -0.39 is 29.7 Å². The molecule has 0 aliphatic carbocycles. The maximum atomic E-state index is 14.5. The molecule has 0 fully saturated rings. The van der Waals surface area contributed by atoms with Crippen LogP contribution in [0, 0.1) is 6.92 Å². The van der Waals surface area contributed by atoms with Gasteiger partial charge in [-0.2, -0.15) is 4.31 Å². The van der Waals surface area contributed by atoms with Crippen LogP contribution in [0.2, 0.25) is 18.1 Å². The fourth-order valence-electron chi connectivity index (χ4n) is 3.90. The molecule has 0 radical (unpaired) electrons. The van der Waals surface area contributed by atoms with Gasteiger partial charge in [0.05, 0.1) is 14.2 Å². The Labute approximate surface area is 240 Å². The summed E-state index contributed by atoms with van der Waals surface area (Å²) < 4.78 is 47.8. The Bertz CT molecular complexity index is 1290. The highest BCUT2D eigenvalue weighted by atomic mass is 32.2. The molecule has 0 saturated heterocycles. The van der Waals surface area contributed by atoms with E-state index in [9.17, 15) is 8.42 Å². The molecular weight excluding hydrogens is 542 g/mol. The molecule has 0 spiro atoms. The van der Waals surface area contributed by atoms with E-state index in [2.05, 4.69) is 43.8 Å². The van der Waals surface area contributed by atoms with Crippen molar-refractivity contribution < 1.29 is 22.3 Å². The highest BCUT2D eigenvalue weighted by Crippen LogP contribution is 2.41. The zero-order valence-electron chi connectivity index (χ0n) is 25.1. The summed E-state index contributed by atoms with van der Waals surface area (Å²) in [5, 5.41) is -1.08. The van der Waals surface area contributed by atoms with Crippen LogP contribution in [0.5, 0.6) is 11.5 Å². The van der Waals surface area contributed by atoms with Crippen LogP contribution in [0.25, 0.3) is 0 Å². The van der Waals surface area contributed by atoms with E-state index in [1.807, 2.05) is 55.5 Å². The van der Waals surface area contributed by atoms with Gasteiger partial charge >= 0.3 is 0 Å². The quantitative estimate of drug-likeness (QED) is 0.231. The van der Waals surface area contributed by atoms with Gasteiger partial charge in [-0.1, -0.05) is 45.0 Å². The van der Waals surface area contributed by atoms with Crippen molar-refractivity contribution in [2.45, 2.75) is 77.2 Å². The summed E-state index contributed by atoms with van der Waals surface area (Å²) in [7, 11) is -3.11. The molecular formula is C30H43N3O5SSi. The molecule has 218 valence electrons. The second-order valence-corrected chi connectivity index (χ2v) is 18.7. The van der Waals surface area contributed by atoms with Gasteiger partial charge < -0.3 is 13.9 Å². The Balaban J connectivity index is 2.05. The third kappa shape index (κ3) is 7.69. The number of ether oxygens (including phenoxy) is 2. The molecule has 1 aromatic heterocycles. The number of hydrogen-bond acceptors (Lipinski definition) is 7. The summed E-state index contributed by atoms with van der Waals surface area (Å²) in [6.07, 6.45) is 2.58. The smallest absolute Gasteiger partial charge is 0.220 e. The minimum atomic E-state index is -3.92. The van der Waals surface area contributed by atoms with Gasteiger partial charge in [-0.15, -0.1) is 0 Å². The van der Waals surface area contributed by atoms with Gasteiger partial charge in [0.25, 0.3) is 0 Å². The van der Waals surface area contributed by atoms with Crippen LogP contribution in [0.15, 0.2) is 60.9 Å². The highest BCUT2D eigenvalue weighted by Gasteiger charge is 2.45. The number of sulfonamides is 1. The lowest BCUT2D eigenvalue weighted by molar-refractivity contribution is 0.168. The number of rotatable bonds is 12. The third-order valence-corrected chi connectivity index (χ3v) is 14.2. The molecule has 0 aliphatic heterocycles. The lowest BCUT2D eigenvalue weighted by Crippen LogP contribution is -2.47. The Hall–Kier alpha value is -2.79. The number of aryl methyl sites for hydroxylation is 1. The topological polar surface area (TPSA) is 90.9 Å². The van der Waals surface area contributed by atoms with Crippen molar-refractivity contribution in [1.29, 1.82) is 0 Å².